The summed E-state index contributed by atoms with van der Waals surface area (Å²) in [6.45, 7) is 2.10. The first-order valence-electron chi connectivity index (χ1n) is 3.94. The Kier molecular flexibility index (Phi) is 3.12. The van der Waals surface area contributed by atoms with E-state index in [1.54, 1.807) is 6.92 Å². The number of aromatic hydroxyl groups is 1. The fraction of sp³-hybridized carbons (Fsp3) is 0.333. The fourth-order valence-corrected chi connectivity index (χ4v) is 1.55. The summed E-state index contributed by atoms with van der Waals surface area (Å²) in [6, 6.07) is 2.35. The number of nitrogens with two attached hydrogens (primary N) is 1. The van der Waals surface area contributed by atoms with E-state index >= 15 is 0 Å². The Hall–Kier alpha value is -0.800. The van der Waals surface area contributed by atoms with Crippen molar-refractivity contribution in [2.75, 3.05) is 6.54 Å². The minimum atomic E-state index is -0.511. The molecule has 0 bridgehead atoms. The third-order valence-corrected chi connectivity index (χ3v) is 2.22. The van der Waals surface area contributed by atoms with Crippen LogP contribution in [-0.2, 0) is 0 Å². The van der Waals surface area contributed by atoms with E-state index in [2.05, 4.69) is 0 Å². The Morgan fingerprint density at radius 3 is 2.69 bits per heavy atom. The van der Waals surface area contributed by atoms with Crippen LogP contribution < -0.4 is 5.73 Å². The van der Waals surface area contributed by atoms with Gasteiger partial charge < -0.3 is 10.8 Å². The molecule has 0 heterocycles. The van der Waals surface area contributed by atoms with E-state index in [4.69, 9.17) is 22.4 Å². The van der Waals surface area contributed by atoms with Crippen molar-refractivity contribution in [1.82, 2.24) is 0 Å². The van der Waals surface area contributed by atoms with Crippen molar-refractivity contribution in [2.24, 2.45) is 5.73 Å². The summed E-state index contributed by atoms with van der Waals surface area (Å²) in [5.74, 6) is -0.827. The Bertz CT molecular complexity index is 293. The number of phenolic OH excluding ortho intramolecular Hbond substituents is 1. The largest absolute Gasteiger partial charge is 0.508 e. The molecule has 1 unspecified atom stereocenters. The zero-order valence-corrected chi connectivity index (χ0v) is 7.98. The Balaban J connectivity index is 3.20. The summed E-state index contributed by atoms with van der Waals surface area (Å²) in [5, 5.41) is 9.24. The van der Waals surface area contributed by atoms with Crippen LogP contribution in [0.2, 0.25) is 5.02 Å². The topological polar surface area (TPSA) is 46.2 Å². The highest BCUT2D eigenvalue weighted by molar-refractivity contribution is 6.31. The highest BCUT2D eigenvalue weighted by Crippen LogP contribution is 2.30. The molecule has 2 nitrogen and oxygen atoms in total. The van der Waals surface area contributed by atoms with Gasteiger partial charge in [-0.3, -0.25) is 0 Å². The Labute approximate surface area is 81.1 Å². The van der Waals surface area contributed by atoms with E-state index < -0.39 is 5.82 Å². The first-order valence-corrected chi connectivity index (χ1v) is 4.32. The third kappa shape index (κ3) is 2.11. The molecule has 1 aromatic rings. The van der Waals surface area contributed by atoms with E-state index in [1.807, 2.05) is 0 Å². The van der Waals surface area contributed by atoms with Crippen LogP contribution in [0.4, 0.5) is 4.39 Å². The molecule has 0 saturated carbocycles. The van der Waals surface area contributed by atoms with Crippen LogP contribution in [0, 0.1) is 5.82 Å². The molecule has 13 heavy (non-hydrogen) atoms. The molecule has 4 heteroatoms. The SMILES string of the molecule is CC(CN)c1c(F)cc(O)cc1Cl. The lowest BCUT2D eigenvalue weighted by Crippen LogP contribution is -2.11. The summed E-state index contributed by atoms with van der Waals surface area (Å²) < 4.78 is 13.2. The number of hydrogen-bond acceptors (Lipinski definition) is 2. The van der Waals surface area contributed by atoms with Gasteiger partial charge in [-0.05, 0) is 18.5 Å². The van der Waals surface area contributed by atoms with Crippen molar-refractivity contribution in [3.05, 3.63) is 28.5 Å². The minimum absolute atomic E-state index is 0.145. The molecule has 0 radical (unpaired) electrons. The summed E-state index contributed by atoms with van der Waals surface area (Å²) in [4.78, 5) is 0. The lowest BCUT2D eigenvalue weighted by atomic mass is 10.0. The van der Waals surface area contributed by atoms with Crippen LogP contribution in [0.15, 0.2) is 12.1 Å². The van der Waals surface area contributed by atoms with E-state index in [-0.39, 0.29) is 16.7 Å². The van der Waals surface area contributed by atoms with Crippen molar-refractivity contribution in [1.29, 1.82) is 0 Å². The summed E-state index contributed by atoms with van der Waals surface area (Å²) in [6.07, 6.45) is 0. The predicted octanol–water partition coefficient (Wildman–Crippen LogP) is 2.25. The first-order chi connectivity index (χ1) is 6.06. The van der Waals surface area contributed by atoms with Gasteiger partial charge in [0.05, 0.1) is 5.02 Å². The molecular formula is C9H11ClFNO. The average Bonchev–Trinajstić information content (AvgIpc) is 2.02. The number of phenols is 1. The van der Waals surface area contributed by atoms with Crippen LogP contribution in [0.1, 0.15) is 18.4 Å². The Morgan fingerprint density at radius 2 is 2.23 bits per heavy atom. The van der Waals surface area contributed by atoms with Crippen LogP contribution in [0.3, 0.4) is 0 Å². The molecule has 0 saturated heterocycles. The zero-order chi connectivity index (χ0) is 10.0. The lowest BCUT2D eigenvalue weighted by Gasteiger charge is -2.12. The normalized spacial score (nSPS) is 12.9. The second kappa shape index (κ2) is 3.94. The van der Waals surface area contributed by atoms with Gasteiger partial charge >= 0.3 is 0 Å². The van der Waals surface area contributed by atoms with Crippen LogP contribution in [0.25, 0.3) is 0 Å². The van der Waals surface area contributed by atoms with E-state index in [0.717, 1.165) is 6.07 Å². The quantitative estimate of drug-likeness (QED) is 0.775. The maximum atomic E-state index is 13.2. The second-order valence-electron chi connectivity index (χ2n) is 2.96. The van der Waals surface area contributed by atoms with Gasteiger partial charge in [-0.2, -0.15) is 0 Å². The first kappa shape index (κ1) is 10.3. The summed E-state index contributed by atoms with van der Waals surface area (Å²) >= 11 is 5.75. The van der Waals surface area contributed by atoms with E-state index in [9.17, 15) is 4.39 Å². The zero-order valence-electron chi connectivity index (χ0n) is 7.22. The molecule has 0 aliphatic heterocycles. The maximum Gasteiger partial charge on any atom is 0.131 e. The predicted molar refractivity (Wildman–Crippen MR) is 50.5 cm³/mol. The van der Waals surface area contributed by atoms with E-state index in [1.165, 1.54) is 6.07 Å². The molecule has 1 atom stereocenters. The van der Waals surface area contributed by atoms with Crippen LogP contribution in [0.5, 0.6) is 5.75 Å². The molecule has 0 aliphatic carbocycles. The number of halogens is 2. The van der Waals surface area contributed by atoms with Crippen LogP contribution >= 0.6 is 11.6 Å². The minimum Gasteiger partial charge on any atom is -0.508 e. The van der Waals surface area contributed by atoms with Gasteiger partial charge in [-0.1, -0.05) is 18.5 Å². The maximum absolute atomic E-state index is 13.2. The summed E-state index contributed by atoms with van der Waals surface area (Å²) in [7, 11) is 0. The van der Waals surface area contributed by atoms with Gasteiger partial charge in [0.15, 0.2) is 0 Å². The smallest absolute Gasteiger partial charge is 0.131 e. The summed E-state index contributed by atoms with van der Waals surface area (Å²) in [5.41, 5.74) is 5.76. The van der Waals surface area contributed by atoms with Gasteiger partial charge in [0.1, 0.15) is 11.6 Å². The van der Waals surface area contributed by atoms with Crippen molar-refractivity contribution < 1.29 is 9.50 Å². The molecule has 72 valence electrons. The van der Waals surface area contributed by atoms with Gasteiger partial charge in [0, 0.05) is 11.6 Å². The van der Waals surface area contributed by atoms with Gasteiger partial charge in [0.25, 0.3) is 0 Å². The highest BCUT2D eigenvalue weighted by atomic mass is 35.5. The van der Waals surface area contributed by atoms with Gasteiger partial charge in [0.2, 0.25) is 0 Å². The molecule has 0 aromatic heterocycles. The standard InChI is InChI=1S/C9H11ClFNO/c1-5(4-12)9-7(10)2-6(13)3-8(9)11/h2-3,5,13H,4,12H2,1H3. The van der Waals surface area contributed by atoms with Gasteiger partial charge in [-0.25, -0.2) is 4.39 Å². The number of benzene rings is 1. The molecule has 3 N–H and O–H groups in total. The Morgan fingerprint density at radius 1 is 1.62 bits per heavy atom. The number of hydrogen-bond donors (Lipinski definition) is 2. The highest BCUT2D eigenvalue weighted by Gasteiger charge is 2.14. The van der Waals surface area contributed by atoms with Crippen LogP contribution in [-0.4, -0.2) is 11.7 Å². The van der Waals surface area contributed by atoms with Gasteiger partial charge in [-0.15, -0.1) is 0 Å². The third-order valence-electron chi connectivity index (χ3n) is 1.91. The molecular weight excluding hydrogens is 193 g/mol. The molecule has 0 amide bonds. The fourth-order valence-electron chi connectivity index (χ4n) is 1.16. The van der Waals surface area contributed by atoms with E-state index in [0.29, 0.717) is 12.1 Å². The molecule has 0 aliphatic rings. The lowest BCUT2D eigenvalue weighted by molar-refractivity contribution is 0.467. The molecule has 0 spiro atoms. The monoisotopic (exact) mass is 203 g/mol. The van der Waals surface area contributed by atoms with Crippen molar-refractivity contribution in [3.63, 3.8) is 0 Å². The molecule has 1 aromatic carbocycles. The molecule has 0 fully saturated rings. The second-order valence-corrected chi connectivity index (χ2v) is 3.37. The number of rotatable bonds is 2. The van der Waals surface area contributed by atoms with Crippen molar-refractivity contribution in [3.8, 4) is 5.75 Å². The average molecular weight is 204 g/mol. The molecule has 1 rings (SSSR count). The van der Waals surface area contributed by atoms with Crippen molar-refractivity contribution in [2.45, 2.75) is 12.8 Å². The van der Waals surface area contributed by atoms with Crippen molar-refractivity contribution >= 4 is 11.6 Å².